The highest BCUT2D eigenvalue weighted by Crippen LogP contribution is 2.43. The molecule has 1 heterocycles. The summed E-state index contributed by atoms with van der Waals surface area (Å²) >= 11 is 3.61. The summed E-state index contributed by atoms with van der Waals surface area (Å²) in [4.78, 5) is 0. The van der Waals surface area contributed by atoms with E-state index in [-0.39, 0.29) is 0 Å². The lowest BCUT2D eigenvalue weighted by Crippen LogP contribution is -2.29. The molecule has 100 valence electrons. The first-order chi connectivity index (χ1) is 8.69. The molecule has 0 amide bonds. The van der Waals surface area contributed by atoms with E-state index in [1.807, 2.05) is 6.07 Å². The van der Waals surface area contributed by atoms with Crippen molar-refractivity contribution in [2.24, 2.45) is 0 Å². The molecular weight excluding hydrogens is 294 g/mol. The van der Waals surface area contributed by atoms with Crippen molar-refractivity contribution < 1.29 is 9.47 Å². The average Bonchev–Trinajstić information content (AvgIpc) is 2.42. The highest BCUT2D eigenvalue weighted by atomic mass is 79.9. The van der Waals surface area contributed by atoms with Crippen LogP contribution in [0.3, 0.4) is 0 Å². The first-order valence-corrected chi connectivity index (χ1v) is 7.10. The van der Waals surface area contributed by atoms with E-state index in [9.17, 15) is 0 Å². The van der Waals surface area contributed by atoms with Gasteiger partial charge in [0.2, 0.25) is 0 Å². The topological polar surface area (TPSA) is 30.5 Å². The van der Waals surface area contributed by atoms with Gasteiger partial charge in [0.25, 0.3) is 0 Å². The normalized spacial score (nSPS) is 19.7. The molecule has 0 spiro atoms. The van der Waals surface area contributed by atoms with Crippen LogP contribution >= 0.6 is 15.9 Å². The Balaban J connectivity index is 2.51. The molecule has 4 heteroatoms. The highest BCUT2D eigenvalue weighted by Gasteiger charge is 2.24. The van der Waals surface area contributed by atoms with Gasteiger partial charge in [0.15, 0.2) is 11.5 Å². The second kappa shape index (κ2) is 5.93. The van der Waals surface area contributed by atoms with Crippen LogP contribution in [0.1, 0.15) is 29.9 Å². The number of hydrogen-bond donors (Lipinski definition) is 1. The van der Waals surface area contributed by atoms with Crippen molar-refractivity contribution in [2.45, 2.75) is 25.7 Å². The molecule has 1 N–H and O–H groups in total. The van der Waals surface area contributed by atoms with Gasteiger partial charge in [-0.25, -0.2) is 0 Å². The van der Waals surface area contributed by atoms with Gasteiger partial charge in [0.1, 0.15) is 0 Å². The largest absolute Gasteiger partial charge is 0.493 e. The maximum atomic E-state index is 5.58. The van der Waals surface area contributed by atoms with Crippen molar-refractivity contribution in [3.8, 4) is 11.5 Å². The zero-order valence-electron chi connectivity index (χ0n) is 11.2. The number of rotatable bonds is 3. The predicted octanol–water partition coefficient (Wildman–Crippen LogP) is 3.24. The fourth-order valence-corrected chi connectivity index (χ4v) is 3.09. The number of ether oxygens (including phenoxy) is 2. The van der Waals surface area contributed by atoms with Crippen molar-refractivity contribution in [3.05, 3.63) is 21.7 Å². The van der Waals surface area contributed by atoms with Crippen LogP contribution in [0, 0.1) is 6.92 Å². The standard InChI is InChI=1S/C14H20BrNO2/c1-9-11(15)7-12(17-2)14(18-3)13(9)10-5-4-6-16-8-10/h7,10,16H,4-6,8H2,1-3H3. The quantitative estimate of drug-likeness (QED) is 0.929. The molecule has 1 atom stereocenters. The smallest absolute Gasteiger partial charge is 0.164 e. The third kappa shape index (κ3) is 2.50. The van der Waals surface area contributed by atoms with Crippen LogP contribution in [-0.4, -0.2) is 27.3 Å². The zero-order valence-corrected chi connectivity index (χ0v) is 12.8. The molecule has 0 aromatic heterocycles. The summed E-state index contributed by atoms with van der Waals surface area (Å²) < 4.78 is 12.1. The molecule has 1 saturated heterocycles. The van der Waals surface area contributed by atoms with Gasteiger partial charge in [-0.05, 0) is 37.9 Å². The van der Waals surface area contributed by atoms with E-state index in [0.29, 0.717) is 5.92 Å². The Hall–Kier alpha value is -0.740. The van der Waals surface area contributed by atoms with E-state index < -0.39 is 0 Å². The summed E-state index contributed by atoms with van der Waals surface area (Å²) in [5.41, 5.74) is 2.53. The molecule has 18 heavy (non-hydrogen) atoms. The van der Waals surface area contributed by atoms with Gasteiger partial charge in [0, 0.05) is 22.5 Å². The van der Waals surface area contributed by atoms with Gasteiger partial charge >= 0.3 is 0 Å². The highest BCUT2D eigenvalue weighted by molar-refractivity contribution is 9.10. The van der Waals surface area contributed by atoms with Crippen LogP contribution in [0.25, 0.3) is 0 Å². The molecule has 1 fully saturated rings. The Kier molecular flexibility index (Phi) is 4.51. The molecule has 0 radical (unpaired) electrons. The van der Waals surface area contributed by atoms with Gasteiger partial charge < -0.3 is 14.8 Å². The van der Waals surface area contributed by atoms with E-state index in [0.717, 1.165) is 29.1 Å². The Morgan fingerprint density at radius 2 is 2.11 bits per heavy atom. The summed E-state index contributed by atoms with van der Waals surface area (Å²) in [6, 6.07) is 1.98. The van der Waals surface area contributed by atoms with E-state index >= 15 is 0 Å². The third-order valence-electron chi connectivity index (χ3n) is 3.62. The SMILES string of the molecule is COc1cc(Br)c(C)c(C2CCCNC2)c1OC. The van der Waals surface area contributed by atoms with E-state index in [4.69, 9.17) is 9.47 Å². The number of hydrogen-bond acceptors (Lipinski definition) is 3. The van der Waals surface area contributed by atoms with E-state index in [2.05, 4.69) is 28.2 Å². The predicted molar refractivity (Wildman–Crippen MR) is 76.8 cm³/mol. The molecule has 2 rings (SSSR count). The molecule has 3 nitrogen and oxygen atoms in total. The molecule has 1 aromatic carbocycles. The maximum absolute atomic E-state index is 5.58. The fraction of sp³-hybridized carbons (Fsp3) is 0.571. The van der Waals surface area contributed by atoms with E-state index in [1.54, 1.807) is 14.2 Å². The van der Waals surface area contributed by atoms with Crippen molar-refractivity contribution in [3.63, 3.8) is 0 Å². The van der Waals surface area contributed by atoms with Crippen LogP contribution in [0.5, 0.6) is 11.5 Å². The Morgan fingerprint density at radius 1 is 1.33 bits per heavy atom. The molecule has 1 aromatic rings. The Labute approximate surface area is 117 Å². The van der Waals surface area contributed by atoms with Crippen molar-refractivity contribution in [2.75, 3.05) is 27.3 Å². The molecule has 0 saturated carbocycles. The minimum atomic E-state index is 0.500. The van der Waals surface area contributed by atoms with Crippen LogP contribution < -0.4 is 14.8 Å². The molecule has 1 aliphatic heterocycles. The van der Waals surface area contributed by atoms with Gasteiger partial charge in [-0.15, -0.1) is 0 Å². The minimum absolute atomic E-state index is 0.500. The number of nitrogens with one attached hydrogen (secondary N) is 1. The van der Waals surface area contributed by atoms with Gasteiger partial charge in [0.05, 0.1) is 14.2 Å². The van der Waals surface area contributed by atoms with E-state index in [1.165, 1.54) is 24.0 Å². The first kappa shape index (κ1) is 13.7. The summed E-state index contributed by atoms with van der Waals surface area (Å²) in [6.07, 6.45) is 2.41. The third-order valence-corrected chi connectivity index (χ3v) is 4.44. The van der Waals surface area contributed by atoms with Crippen LogP contribution in [0.15, 0.2) is 10.5 Å². The first-order valence-electron chi connectivity index (χ1n) is 6.30. The van der Waals surface area contributed by atoms with Gasteiger partial charge in [-0.1, -0.05) is 15.9 Å². The maximum Gasteiger partial charge on any atom is 0.164 e. The van der Waals surface area contributed by atoms with Gasteiger partial charge in [-0.3, -0.25) is 0 Å². The van der Waals surface area contributed by atoms with Crippen LogP contribution in [-0.2, 0) is 0 Å². The number of benzene rings is 1. The fourth-order valence-electron chi connectivity index (χ4n) is 2.67. The minimum Gasteiger partial charge on any atom is -0.493 e. The van der Waals surface area contributed by atoms with Crippen molar-refractivity contribution >= 4 is 15.9 Å². The Bertz CT molecular complexity index is 428. The summed E-state index contributed by atoms with van der Waals surface area (Å²) in [5, 5.41) is 3.46. The molecule has 1 unspecified atom stereocenters. The second-order valence-electron chi connectivity index (χ2n) is 4.68. The number of methoxy groups -OCH3 is 2. The lowest BCUT2D eigenvalue weighted by molar-refractivity contribution is 0.343. The number of halogens is 1. The lowest BCUT2D eigenvalue weighted by Gasteiger charge is -2.27. The Morgan fingerprint density at radius 3 is 2.67 bits per heavy atom. The van der Waals surface area contributed by atoms with Crippen LogP contribution in [0.2, 0.25) is 0 Å². The molecule has 1 aliphatic rings. The zero-order chi connectivity index (χ0) is 13.1. The summed E-state index contributed by atoms with van der Waals surface area (Å²) in [6.45, 7) is 4.26. The summed E-state index contributed by atoms with van der Waals surface area (Å²) in [7, 11) is 3.40. The average molecular weight is 314 g/mol. The molecule has 0 bridgehead atoms. The molecular formula is C14H20BrNO2. The monoisotopic (exact) mass is 313 g/mol. The lowest BCUT2D eigenvalue weighted by atomic mass is 9.87. The van der Waals surface area contributed by atoms with Crippen LogP contribution in [0.4, 0.5) is 0 Å². The number of piperidine rings is 1. The summed E-state index contributed by atoms with van der Waals surface area (Å²) in [5.74, 6) is 2.18. The van der Waals surface area contributed by atoms with Gasteiger partial charge in [-0.2, -0.15) is 0 Å². The van der Waals surface area contributed by atoms with Crippen molar-refractivity contribution in [1.29, 1.82) is 0 Å². The van der Waals surface area contributed by atoms with Crippen molar-refractivity contribution in [1.82, 2.24) is 5.32 Å². The molecule has 0 aliphatic carbocycles. The second-order valence-corrected chi connectivity index (χ2v) is 5.53.